The number of aromatic nitrogens is 1. The molecule has 2 N–H and O–H groups in total. The maximum Gasteiger partial charge on any atom is 0.180 e. The first kappa shape index (κ1) is 11.4. The van der Waals surface area contributed by atoms with Gasteiger partial charge in [0, 0.05) is 4.88 Å². The van der Waals surface area contributed by atoms with Crippen LogP contribution in [0.25, 0.3) is 0 Å². The molecule has 0 aromatic carbocycles. The summed E-state index contributed by atoms with van der Waals surface area (Å²) in [4.78, 5) is 5.79. The second-order valence-electron chi connectivity index (χ2n) is 4.02. The van der Waals surface area contributed by atoms with Crippen LogP contribution in [0.1, 0.15) is 36.3 Å². The smallest absolute Gasteiger partial charge is 0.180 e. The van der Waals surface area contributed by atoms with E-state index in [-0.39, 0.29) is 0 Å². The van der Waals surface area contributed by atoms with Crippen molar-refractivity contribution in [1.29, 1.82) is 0 Å². The van der Waals surface area contributed by atoms with Gasteiger partial charge in [-0.05, 0) is 38.5 Å². The van der Waals surface area contributed by atoms with Gasteiger partial charge in [0.1, 0.15) is 0 Å². The average Bonchev–Trinajstić information content (AvgIpc) is 2.59. The molecule has 0 bridgehead atoms. The minimum atomic E-state index is 0.716. The standard InChI is InChI=1S/C13H18N2S/c14-13-15-11-9-7-5-3-1-2-4-6-8-10-12(11)16-13/h3-6H,1-2,7-10H2,(H2,14,15)/b5-3-,6-4-. The number of thiazole rings is 1. The Morgan fingerprint density at radius 3 is 2.31 bits per heavy atom. The van der Waals surface area contributed by atoms with Crippen LogP contribution < -0.4 is 5.73 Å². The molecular weight excluding hydrogens is 216 g/mol. The van der Waals surface area contributed by atoms with Crippen molar-refractivity contribution in [3.8, 4) is 0 Å². The largest absolute Gasteiger partial charge is 0.375 e. The highest BCUT2D eigenvalue weighted by atomic mass is 32.1. The van der Waals surface area contributed by atoms with Crippen LogP contribution in [0.4, 0.5) is 5.13 Å². The molecule has 1 aliphatic carbocycles. The van der Waals surface area contributed by atoms with Crippen molar-refractivity contribution < 1.29 is 0 Å². The van der Waals surface area contributed by atoms with Gasteiger partial charge in [-0.25, -0.2) is 4.98 Å². The summed E-state index contributed by atoms with van der Waals surface area (Å²) >= 11 is 1.65. The number of aryl methyl sites for hydroxylation is 2. The average molecular weight is 234 g/mol. The minimum Gasteiger partial charge on any atom is -0.375 e. The van der Waals surface area contributed by atoms with Gasteiger partial charge in [-0.2, -0.15) is 0 Å². The van der Waals surface area contributed by atoms with E-state index in [1.807, 2.05) is 0 Å². The zero-order chi connectivity index (χ0) is 11.2. The quantitative estimate of drug-likeness (QED) is 0.698. The predicted molar refractivity (Wildman–Crippen MR) is 70.7 cm³/mol. The highest BCUT2D eigenvalue weighted by molar-refractivity contribution is 7.15. The molecule has 0 saturated carbocycles. The number of anilines is 1. The molecule has 16 heavy (non-hydrogen) atoms. The lowest BCUT2D eigenvalue weighted by atomic mass is 10.1. The summed E-state index contributed by atoms with van der Waals surface area (Å²) in [6.45, 7) is 0. The molecule has 1 aromatic heterocycles. The summed E-state index contributed by atoms with van der Waals surface area (Å²) in [5, 5.41) is 0.716. The highest BCUT2D eigenvalue weighted by Gasteiger charge is 2.08. The fourth-order valence-electron chi connectivity index (χ4n) is 1.89. The van der Waals surface area contributed by atoms with E-state index in [1.54, 1.807) is 11.3 Å². The van der Waals surface area contributed by atoms with E-state index in [9.17, 15) is 0 Å². The third kappa shape index (κ3) is 3.20. The Balaban J connectivity index is 2.11. The van der Waals surface area contributed by atoms with E-state index in [2.05, 4.69) is 29.3 Å². The van der Waals surface area contributed by atoms with Crippen molar-refractivity contribution in [2.75, 3.05) is 5.73 Å². The number of nitrogens with two attached hydrogens (primary N) is 1. The van der Waals surface area contributed by atoms with Gasteiger partial charge in [-0.15, -0.1) is 11.3 Å². The van der Waals surface area contributed by atoms with Gasteiger partial charge in [0.25, 0.3) is 0 Å². The summed E-state index contributed by atoms with van der Waals surface area (Å²) in [6.07, 6.45) is 15.7. The molecule has 0 fully saturated rings. The molecule has 0 spiro atoms. The molecule has 2 rings (SSSR count). The molecule has 1 aliphatic rings. The summed E-state index contributed by atoms with van der Waals surface area (Å²) in [7, 11) is 0. The first-order chi connectivity index (χ1) is 7.86. The van der Waals surface area contributed by atoms with Crippen LogP contribution in [-0.2, 0) is 12.8 Å². The number of nitrogen functional groups attached to an aromatic ring is 1. The second-order valence-corrected chi connectivity index (χ2v) is 5.13. The molecule has 0 amide bonds. The normalized spacial score (nSPS) is 21.5. The molecule has 0 aliphatic heterocycles. The van der Waals surface area contributed by atoms with Crippen molar-refractivity contribution in [2.24, 2.45) is 0 Å². The lowest BCUT2D eigenvalue weighted by molar-refractivity contribution is 0.896. The Morgan fingerprint density at radius 1 is 0.938 bits per heavy atom. The Labute approximate surface area is 101 Å². The molecule has 0 saturated heterocycles. The first-order valence-electron chi connectivity index (χ1n) is 5.90. The van der Waals surface area contributed by atoms with Gasteiger partial charge >= 0.3 is 0 Å². The molecule has 0 atom stereocenters. The van der Waals surface area contributed by atoms with Gasteiger partial charge in [-0.1, -0.05) is 24.3 Å². The Bertz CT molecular complexity index is 355. The summed E-state index contributed by atoms with van der Waals surface area (Å²) in [6, 6.07) is 0. The van der Waals surface area contributed by atoms with Crippen molar-refractivity contribution in [2.45, 2.75) is 38.5 Å². The first-order valence-corrected chi connectivity index (χ1v) is 6.72. The maximum absolute atomic E-state index is 5.77. The molecule has 86 valence electrons. The zero-order valence-electron chi connectivity index (χ0n) is 9.48. The third-order valence-corrected chi connectivity index (χ3v) is 3.70. The van der Waals surface area contributed by atoms with E-state index in [0.717, 1.165) is 38.5 Å². The SMILES string of the molecule is Nc1nc2c(s1)CC/C=C\CC/C=C\CC2. The Hall–Kier alpha value is -1.09. The lowest BCUT2D eigenvalue weighted by Crippen LogP contribution is -1.92. The topological polar surface area (TPSA) is 38.9 Å². The van der Waals surface area contributed by atoms with Crippen LogP contribution in [0.3, 0.4) is 0 Å². The van der Waals surface area contributed by atoms with E-state index >= 15 is 0 Å². The van der Waals surface area contributed by atoms with Crippen molar-refractivity contribution >= 4 is 16.5 Å². The minimum absolute atomic E-state index is 0.716. The van der Waals surface area contributed by atoms with E-state index in [0.29, 0.717) is 5.13 Å². The number of allylic oxidation sites excluding steroid dienone is 4. The van der Waals surface area contributed by atoms with Crippen LogP contribution in [0.5, 0.6) is 0 Å². The van der Waals surface area contributed by atoms with E-state index in [1.165, 1.54) is 10.6 Å². The number of fused-ring (bicyclic) bond motifs is 1. The predicted octanol–water partition coefficient (Wildman–Crippen LogP) is 3.50. The van der Waals surface area contributed by atoms with E-state index < -0.39 is 0 Å². The van der Waals surface area contributed by atoms with Gasteiger partial charge in [0.2, 0.25) is 0 Å². The molecule has 0 radical (unpaired) electrons. The molecule has 1 heterocycles. The fourth-order valence-corrected chi connectivity index (χ4v) is 2.79. The number of hydrogen-bond donors (Lipinski definition) is 1. The third-order valence-electron chi connectivity index (χ3n) is 2.71. The van der Waals surface area contributed by atoms with Crippen molar-refractivity contribution in [1.82, 2.24) is 4.98 Å². The lowest BCUT2D eigenvalue weighted by Gasteiger charge is -1.99. The number of rotatable bonds is 0. The van der Waals surface area contributed by atoms with Crippen LogP contribution in [-0.4, -0.2) is 4.98 Å². The zero-order valence-corrected chi connectivity index (χ0v) is 10.3. The number of hydrogen-bond acceptors (Lipinski definition) is 3. The molecule has 0 unspecified atom stereocenters. The molecule has 2 nitrogen and oxygen atoms in total. The van der Waals surface area contributed by atoms with Gasteiger partial charge in [0.15, 0.2) is 5.13 Å². The van der Waals surface area contributed by atoms with Crippen LogP contribution >= 0.6 is 11.3 Å². The van der Waals surface area contributed by atoms with Gasteiger partial charge in [0.05, 0.1) is 5.69 Å². The molecular formula is C13H18N2S. The Morgan fingerprint density at radius 2 is 1.56 bits per heavy atom. The maximum atomic E-state index is 5.77. The summed E-state index contributed by atoms with van der Waals surface area (Å²) in [5.74, 6) is 0. The van der Waals surface area contributed by atoms with Gasteiger partial charge < -0.3 is 5.73 Å². The van der Waals surface area contributed by atoms with Crippen LogP contribution in [0.15, 0.2) is 24.3 Å². The van der Waals surface area contributed by atoms with Crippen molar-refractivity contribution in [3.63, 3.8) is 0 Å². The fraction of sp³-hybridized carbons (Fsp3) is 0.462. The number of nitrogens with zero attached hydrogens (tertiary/aromatic N) is 1. The summed E-state index contributed by atoms with van der Waals surface area (Å²) < 4.78 is 0. The summed E-state index contributed by atoms with van der Waals surface area (Å²) in [5.41, 5.74) is 6.98. The highest BCUT2D eigenvalue weighted by Crippen LogP contribution is 2.23. The molecule has 3 heteroatoms. The monoisotopic (exact) mass is 234 g/mol. The second kappa shape index (κ2) is 5.85. The van der Waals surface area contributed by atoms with Gasteiger partial charge in [-0.3, -0.25) is 0 Å². The van der Waals surface area contributed by atoms with Crippen molar-refractivity contribution in [3.05, 3.63) is 34.9 Å². The van der Waals surface area contributed by atoms with E-state index in [4.69, 9.17) is 5.73 Å². The van der Waals surface area contributed by atoms with Crippen LogP contribution in [0, 0.1) is 0 Å². The van der Waals surface area contributed by atoms with Crippen LogP contribution in [0.2, 0.25) is 0 Å². The Kier molecular flexibility index (Phi) is 4.17. The molecule has 1 aromatic rings.